The molecular weight excluding hydrogens is 236 g/mol. The predicted octanol–water partition coefficient (Wildman–Crippen LogP) is 0.726. The first kappa shape index (κ1) is 12.2. The highest BCUT2D eigenvalue weighted by Gasteiger charge is 2.27. The first-order valence-electron chi connectivity index (χ1n) is 5.49. The molecule has 1 fully saturated rings. The SMILES string of the molecule is CC1(C)CN(c2cnc(C(N)=S)cn2)CCO1. The third-order valence-electron chi connectivity index (χ3n) is 2.64. The van der Waals surface area contributed by atoms with E-state index in [0.29, 0.717) is 12.3 Å². The van der Waals surface area contributed by atoms with Crippen LogP contribution in [-0.4, -0.2) is 40.3 Å². The zero-order valence-electron chi connectivity index (χ0n) is 10.0. The lowest BCUT2D eigenvalue weighted by Gasteiger charge is -2.38. The van der Waals surface area contributed by atoms with E-state index in [1.807, 2.05) is 0 Å². The Morgan fingerprint density at radius 1 is 1.47 bits per heavy atom. The Hall–Kier alpha value is -1.27. The molecule has 1 saturated heterocycles. The van der Waals surface area contributed by atoms with Crippen molar-refractivity contribution in [2.24, 2.45) is 5.73 Å². The number of anilines is 1. The van der Waals surface area contributed by atoms with E-state index >= 15 is 0 Å². The Morgan fingerprint density at radius 3 is 2.76 bits per heavy atom. The van der Waals surface area contributed by atoms with Crippen molar-refractivity contribution >= 4 is 23.0 Å². The molecule has 0 radical (unpaired) electrons. The monoisotopic (exact) mass is 252 g/mol. The Kier molecular flexibility index (Phi) is 3.26. The van der Waals surface area contributed by atoms with Gasteiger partial charge in [-0.25, -0.2) is 9.97 Å². The molecular formula is C11H16N4OS. The minimum Gasteiger partial charge on any atom is -0.388 e. The van der Waals surface area contributed by atoms with Crippen molar-refractivity contribution in [2.45, 2.75) is 19.4 Å². The van der Waals surface area contributed by atoms with Crippen LogP contribution in [-0.2, 0) is 4.74 Å². The zero-order valence-corrected chi connectivity index (χ0v) is 10.8. The van der Waals surface area contributed by atoms with E-state index in [-0.39, 0.29) is 10.6 Å². The Morgan fingerprint density at radius 2 is 2.24 bits per heavy atom. The Bertz CT molecular complexity index is 418. The first-order chi connectivity index (χ1) is 7.98. The molecule has 1 aliphatic rings. The molecule has 0 aliphatic carbocycles. The molecule has 1 aromatic rings. The average molecular weight is 252 g/mol. The fourth-order valence-electron chi connectivity index (χ4n) is 1.82. The maximum absolute atomic E-state index is 5.65. The van der Waals surface area contributed by atoms with Crippen molar-refractivity contribution in [3.05, 3.63) is 18.1 Å². The molecule has 1 aliphatic heterocycles. The first-order valence-corrected chi connectivity index (χ1v) is 5.89. The summed E-state index contributed by atoms with van der Waals surface area (Å²) in [4.78, 5) is 10.9. The number of rotatable bonds is 2. The molecule has 0 unspecified atom stereocenters. The molecule has 2 heterocycles. The van der Waals surface area contributed by atoms with Crippen LogP contribution < -0.4 is 10.6 Å². The van der Waals surface area contributed by atoms with Crippen molar-refractivity contribution in [3.63, 3.8) is 0 Å². The normalized spacial score (nSPS) is 19.1. The largest absolute Gasteiger partial charge is 0.388 e. The van der Waals surface area contributed by atoms with E-state index in [2.05, 4.69) is 28.7 Å². The number of thiocarbonyl (C=S) groups is 1. The molecule has 0 amide bonds. The molecule has 5 nitrogen and oxygen atoms in total. The van der Waals surface area contributed by atoms with Crippen LogP contribution in [0.3, 0.4) is 0 Å². The van der Waals surface area contributed by atoms with Crippen LogP contribution in [0.4, 0.5) is 5.82 Å². The van der Waals surface area contributed by atoms with Gasteiger partial charge in [-0.1, -0.05) is 12.2 Å². The summed E-state index contributed by atoms with van der Waals surface area (Å²) in [6.45, 7) is 6.45. The number of nitrogens with two attached hydrogens (primary N) is 1. The van der Waals surface area contributed by atoms with Gasteiger partial charge >= 0.3 is 0 Å². The predicted molar refractivity (Wildman–Crippen MR) is 70.2 cm³/mol. The van der Waals surface area contributed by atoms with Crippen LogP contribution in [0.15, 0.2) is 12.4 Å². The van der Waals surface area contributed by atoms with Crippen molar-refractivity contribution < 1.29 is 4.74 Å². The number of hydrogen-bond donors (Lipinski definition) is 1. The third-order valence-corrected chi connectivity index (χ3v) is 2.85. The van der Waals surface area contributed by atoms with Gasteiger partial charge in [0.25, 0.3) is 0 Å². The highest BCUT2D eigenvalue weighted by atomic mass is 32.1. The molecule has 17 heavy (non-hydrogen) atoms. The molecule has 0 spiro atoms. The van der Waals surface area contributed by atoms with Crippen LogP contribution in [0.1, 0.15) is 19.5 Å². The van der Waals surface area contributed by atoms with E-state index in [0.717, 1.165) is 18.9 Å². The maximum atomic E-state index is 5.65. The maximum Gasteiger partial charge on any atom is 0.147 e. The van der Waals surface area contributed by atoms with Gasteiger partial charge in [-0.3, -0.25) is 0 Å². The summed E-state index contributed by atoms with van der Waals surface area (Å²) >= 11 is 4.84. The molecule has 2 rings (SSSR count). The quantitative estimate of drug-likeness (QED) is 0.783. The van der Waals surface area contributed by atoms with Crippen molar-refractivity contribution in [3.8, 4) is 0 Å². The zero-order chi connectivity index (χ0) is 12.5. The fraction of sp³-hybridized carbons (Fsp3) is 0.545. The second-order valence-corrected chi connectivity index (χ2v) is 5.09. The lowest BCUT2D eigenvalue weighted by molar-refractivity contribution is -0.0279. The summed E-state index contributed by atoms with van der Waals surface area (Å²) in [5.74, 6) is 0.835. The third kappa shape index (κ3) is 2.89. The summed E-state index contributed by atoms with van der Waals surface area (Å²) < 4.78 is 5.65. The van der Waals surface area contributed by atoms with Crippen LogP contribution in [0.25, 0.3) is 0 Å². The van der Waals surface area contributed by atoms with Gasteiger partial charge in [0, 0.05) is 13.1 Å². The van der Waals surface area contributed by atoms with Gasteiger partial charge in [0.2, 0.25) is 0 Å². The van der Waals surface area contributed by atoms with Gasteiger partial charge in [-0.15, -0.1) is 0 Å². The molecule has 0 saturated carbocycles. The number of nitrogens with zero attached hydrogens (tertiary/aromatic N) is 3. The average Bonchev–Trinajstić information content (AvgIpc) is 2.28. The molecule has 6 heteroatoms. The van der Waals surface area contributed by atoms with Crippen LogP contribution in [0.5, 0.6) is 0 Å². The molecule has 0 bridgehead atoms. The molecule has 0 atom stereocenters. The molecule has 2 N–H and O–H groups in total. The summed E-state index contributed by atoms with van der Waals surface area (Å²) in [5, 5.41) is 0. The van der Waals surface area contributed by atoms with E-state index in [1.165, 1.54) is 0 Å². The van der Waals surface area contributed by atoms with Gasteiger partial charge < -0.3 is 15.4 Å². The van der Waals surface area contributed by atoms with E-state index in [4.69, 9.17) is 22.7 Å². The van der Waals surface area contributed by atoms with Gasteiger partial charge in [0.1, 0.15) is 16.5 Å². The minimum absolute atomic E-state index is 0.151. The van der Waals surface area contributed by atoms with Crippen LogP contribution >= 0.6 is 12.2 Å². The molecule has 1 aromatic heterocycles. The van der Waals surface area contributed by atoms with Crippen LogP contribution in [0.2, 0.25) is 0 Å². The second-order valence-electron chi connectivity index (χ2n) is 4.65. The van der Waals surface area contributed by atoms with Gasteiger partial charge in [-0.05, 0) is 13.8 Å². The summed E-state index contributed by atoms with van der Waals surface area (Å²) in [6, 6.07) is 0. The number of hydrogen-bond acceptors (Lipinski definition) is 5. The van der Waals surface area contributed by atoms with Crippen molar-refractivity contribution in [1.82, 2.24) is 9.97 Å². The van der Waals surface area contributed by atoms with Gasteiger partial charge in [-0.2, -0.15) is 0 Å². The topological polar surface area (TPSA) is 64.3 Å². The summed E-state index contributed by atoms with van der Waals surface area (Å²) in [5.41, 5.74) is 5.88. The standard InChI is InChI=1S/C11H16N4OS/c1-11(2)7-15(3-4-16-11)9-6-13-8(5-14-9)10(12)17/h5-6H,3-4,7H2,1-2H3,(H2,12,17). The van der Waals surface area contributed by atoms with Crippen molar-refractivity contribution in [1.29, 1.82) is 0 Å². The number of aromatic nitrogens is 2. The summed E-state index contributed by atoms with van der Waals surface area (Å²) in [6.07, 6.45) is 3.32. The lowest BCUT2D eigenvalue weighted by atomic mass is 10.1. The molecule has 0 aromatic carbocycles. The smallest absolute Gasteiger partial charge is 0.147 e. The Labute approximate surface area is 106 Å². The number of ether oxygens (including phenoxy) is 1. The minimum atomic E-state index is -0.151. The second kappa shape index (κ2) is 4.54. The molecule has 92 valence electrons. The Balaban J connectivity index is 2.14. The van der Waals surface area contributed by atoms with Crippen LogP contribution in [0, 0.1) is 0 Å². The van der Waals surface area contributed by atoms with E-state index in [1.54, 1.807) is 12.4 Å². The van der Waals surface area contributed by atoms with Gasteiger partial charge in [0.15, 0.2) is 0 Å². The van der Waals surface area contributed by atoms with Crippen molar-refractivity contribution in [2.75, 3.05) is 24.6 Å². The van der Waals surface area contributed by atoms with E-state index in [9.17, 15) is 0 Å². The summed E-state index contributed by atoms with van der Waals surface area (Å²) in [7, 11) is 0. The highest BCUT2D eigenvalue weighted by Crippen LogP contribution is 2.20. The van der Waals surface area contributed by atoms with Gasteiger partial charge in [0.05, 0.1) is 24.6 Å². The highest BCUT2D eigenvalue weighted by molar-refractivity contribution is 7.80. The number of morpholine rings is 1. The lowest BCUT2D eigenvalue weighted by Crippen LogP contribution is -2.48. The fourth-order valence-corrected chi connectivity index (χ4v) is 1.93. The van der Waals surface area contributed by atoms with E-state index < -0.39 is 0 Å².